The van der Waals surface area contributed by atoms with Crippen LogP contribution in [0.15, 0.2) is 14.7 Å². The predicted molar refractivity (Wildman–Crippen MR) is 63.4 cm³/mol. The topological polar surface area (TPSA) is 20.2 Å². The second-order valence-corrected chi connectivity index (χ2v) is 5.03. The van der Waals surface area contributed by atoms with E-state index in [-0.39, 0.29) is 14.7 Å². The Balaban J connectivity index is 3.57. The normalized spacial score (nSPS) is 10.7. The molecule has 0 heterocycles. The minimum absolute atomic E-state index is 0.0327. The molecule has 0 aliphatic carbocycles. The Morgan fingerprint density at radius 2 is 1.20 bits per heavy atom. The molecule has 0 aromatic heterocycles. The monoisotopic (exact) mass is 268 g/mol. The average molecular weight is 268 g/mol. The maximum Gasteiger partial charge on any atom is 0.180 e. The van der Waals surface area contributed by atoms with Crippen LogP contribution in [0.25, 0.3) is 0 Å². The number of hydrogen-bond donors (Lipinski definition) is 1. The molecule has 0 atom stereocenters. The SMILES string of the molecule is CSc1c(O)c(F)c(SC)c(SC)c1F. The van der Waals surface area contributed by atoms with Crippen LogP contribution in [-0.4, -0.2) is 23.9 Å². The zero-order chi connectivity index (χ0) is 11.6. The van der Waals surface area contributed by atoms with Crippen LogP contribution < -0.4 is 0 Å². The molecule has 6 heteroatoms. The number of thioether (sulfide) groups is 3. The highest BCUT2D eigenvalue weighted by Gasteiger charge is 2.22. The van der Waals surface area contributed by atoms with Crippen LogP contribution in [0.5, 0.6) is 5.75 Å². The molecule has 1 rings (SSSR count). The molecule has 1 aromatic rings. The molecule has 0 amide bonds. The van der Waals surface area contributed by atoms with E-state index in [1.165, 1.54) is 0 Å². The zero-order valence-corrected chi connectivity index (χ0v) is 10.9. The Morgan fingerprint density at radius 3 is 1.60 bits per heavy atom. The molecule has 0 fully saturated rings. The Bertz CT molecular complexity index is 382. The molecule has 0 aliphatic heterocycles. The molecule has 0 saturated heterocycles. The second kappa shape index (κ2) is 5.32. The summed E-state index contributed by atoms with van der Waals surface area (Å²) in [7, 11) is 0. The van der Waals surface area contributed by atoms with Crippen molar-refractivity contribution in [2.24, 2.45) is 0 Å². The second-order valence-electron chi connectivity index (χ2n) is 2.58. The van der Waals surface area contributed by atoms with Gasteiger partial charge in [0.15, 0.2) is 17.4 Å². The summed E-state index contributed by atoms with van der Waals surface area (Å²) in [6, 6.07) is 0. The molecule has 0 radical (unpaired) electrons. The summed E-state index contributed by atoms with van der Waals surface area (Å²) in [4.78, 5) is 0.382. The lowest BCUT2D eigenvalue weighted by Gasteiger charge is -2.12. The lowest BCUT2D eigenvalue weighted by Crippen LogP contribution is -1.94. The Kier molecular flexibility index (Phi) is 4.61. The average Bonchev–Trinajstić information content (AvgIpc) is 2.23. The number of hydrogen-bond acceptors (Lipinski definition) is 4. The maximum atomic E-state index is 13.8. The zero-order valence-electron chi connectivity index (χ0n) is 8.43. The molecule has 0 spiro atoms. The van der Waals surface area contributed by atoms with Crippen LogP contribution in [0.3, 0.4) is 0 Å². The number of phenols is 1. The first-order valence-corrected chi connectivity index (χ1v) is 7.61. The molecule has 0 bridgehead atoms. The first-order valence-electron chi connectivity index (χ1n) is 3.94. The molecule has 1 nitrogen and oxygen atoms in total. The number of halogens is 2. The smallest absolute Gasteiger partial charge is 0.180 e. The third kappa shape index (κ3) is 2.21. The molecule has 1 aromatic carbocycles. The van der Waals surface area contributed by atoms with Crippen LogP contribution in [-0.2, 0) is 0 Å². The Hall–Kier alpha value is -0.0700. The van der Waals surface area contributed by atoms with Crippen LogP contribution in [0.2, 0.25) is 0 Å². The van der Waals surface area contributed by atoms with E-state index in [0.717, 1.165) is 35.3 Å². The van der Waals surface area contributed by atoms with Gasteiger partial charge in [0.1, 0.15) is 0 Å². The van der Waals surface area contributed by atoms with Crippen LogP contribution in [0, 0.1) is 11.6 Å². The summed E-state index contributed by atoms with van der Waals surface area (Å²) in [5, 5.41) is 9.45. The Labute approximate surface area is 100 Å². The molecule has 15 heavy (non-hydrogen) atoms. The first-order chi connectivity index (χ1) is 7.08. The molecular weight excluding hydrogens is 258 g/mol. The minimum atomic E-state index is -0.738. The van der Waals surface area contributed by atoms with Gasteiger partial charge in [-0.2, -0.15) is 0 Å². The summed E-state index contributed by atoms with van der Waals surface area (Å²) in [5.41, 5.74) is 0. The highest BCUT2D eigenvalue weighted by molar-refractivity contribution is 8.01. The Morgan fingerprint density at radius 1 is 0.800 bits per heavy atom. The van der Waals surface area contributed by atoms with Crippen LogP contribution >= 0.6 is 35.3 Å². The third-order valence-corrected chi connectivity index (χ3v) is 4.33. The number of rotatable bonds is 3. The third-order valence-electron chi connectivity index (χ3n) is 1.84. The minimum Gasteiger partial charge on any atom is -0.504 e. The summed E-state index contributed by atoms with van der Waals surface area (Å²) in [5.74, 6) is -1.88. The first kappa shape index (κ1) is 13.0. The van der Waals surface area contributed by atoms with Crippen molar-refractivity contribution in [2.75, 3.05) is 18.8 Å². The van der Waals surface area contributed by atoms with Crippen molar-refractivity contribution in [3.63, 3.8) is 0 Å². The van der Waals surface area contributed by atoms with E-state index >= 15 is 0 Å². The molecule has 1 N–H and O–H groups in total. The van der Waals surface area contributed by atoms with Crippen molar-refractivity contribution in [1.82, 2.24) is 0 Å². The fraction of sp³-hybridized carbons (Fsp3) is 0.333. The largest absolute Gasteiger partial charge is 0.504 e. The summed E-state index contributed by atoms with van der Waals surface area (Å²) in [6.07, 6.45) is 4.93. The standard InChI is InChI=1S/C9H10F2OS3/c1-13-7-5(11)9(15-3)8(14-2)4(10)6(7)12/h12H,1-3H3. The fourth-order valence-electron chi connectivity index (χ4n) is 1.16. The van der Waals surface area contributed by atoms with E-state index in [9.17, 15) is 13.9 Å². The van der Waals surface area contributed by atoms with Crippen LogP contribution in [0.4, 0.5) is 8.78 Å². The van der Waals surface area contributed by atoms with Crippen LogP contribution in [0.1, 0.15) is 0 Å². The van der Waals surface area contributed by atoms with Crippen molar-refractivity contribution < 1.29 is 13.9 Å². The molecule has 0 unspecified atom stereocenters. The van der Waals surface area contributed by atoms with Gasteiger partial charge < -0.3 is 5.11 Å². The summed E-state index contributed by atoms with van der Waals surface area (Å²) < 4.78 is 27.4. The van der Waals surface area contributed by atoms with Gasteiger partial charge in [-0.05, 0) is 18.8 Å². The van der Waals surface area contributed by atoms with E-state index in [4.69, 9.17) is 0 Å². The van der Waals surface area contributed by atoms with Gasteiger partial charge in [-0.3, -0.25) is 0 Å². The summed E-state index contributed by atoms with van der Waals surface area (Å²) in [6.45, 7) is 0. The van der Waals surface area contributed by atoms with Crippen molar-refractivity contribution in [3.8, 4) is 5.75 Å². The van der Waals surface area contributed by atoms with Crippen molar-refractivity contribution in [2.45, 2.75) is 14.7 Å². The number of phenolic OH excluding ortho intramolecular Hbond substituents is 1. The highest BCUT2D eigenvalue weighted by atomic mass is 32.2. The van der Waals surface area contributed by atoms with Gasteiger partial charge in [0.25, 0.3) is 0 Å². The lowest BCUT2D eigenvalue weighted by molar-refractivity contribution is 0.393. The van der Waals surface area contributed by atoms with E-state index in [1.54, 1.807) is 18.8 Å². The van der Waals surface area contributed by atoms with Crippen molar-refractivity contribution in [3.05, 3.63) is 11.6 Å². The maximum absolute atomic E-state index is 13.8. The van der Waals surface area contributed by atoms with Gasteiger partial charge >= 0.3 is 0 Å². The van der Waals surface area contributed by atoms with Gasteiger partial charge in [-0.25, -0.2) is 8.78 Å². The van der Waals surface area contributed by atoms with Crippen molar-refractivity contribution in [1.29, 1.82) is 0 Å². The number of benzene rings is 1. The van der Waals surface area contributed by atoms with E-state index in [2.05, 4.69) is 0 Å². The molecule has 84 valence electrons. The quantitative estimate of drug-likeness (QED) is 0.840. The van der Waals surface area contributed by atoms with Gasteiger partial charge in [0.05, 0.1) is 14.7 Å². The van der Waals surface area contributed by atoms with Gasteiger partial charge in [0, 0.05) is 0 Å². The predicted octanol–water partition coefficient (Wildman–Crippen LogP) is 3.84. The van der Waals surface area contributed by atoms with E-state index < -0.39 is 17.4 Å². The highest BCUT2D eigenvalue weighted by Crippen LogP contribution is 2.43. The molecule has 0 aliphatic rings. The molecular formula is C9H10F2OS3. The van der Waals surface area contributed by atoms with Crippen molar-refractivity contribution >= 4 is 35.3 Å². The van der Waals surface area contributed by atoms with E-state index in [0.29, 0.717) is 0 Å². The van der Waals surface area contributed by atoms with Gasteiger partial charge in [-0.1, -0.05) is 0 Å². The summed E-state index contributed by atoms with van der Waals surface area (Å²) >= 11 is 3.23. The van der Waals surface area contributed by atoms with Gasteiger partial charge in [0.2, 0.25) is 0 Å². The van der Waals surface area contributed by atoms with Gasteiger partial charge in [-0.15, -0.1) is 35.3 Å². The molecule has 0 saturated carbocycles. The fourth-order valence-corrected chi connectivity index (χ4v) is 3.40. The number of aromatic hydroxyl groups is 1. The van der Waals surface area contributed by atoms with E-state index in [1.807, 2.05) is 0 Å². The lowest BCUT2D eigenvalue weighted by atomic mass is 10.3.